The van der Waals surface area contributed by atoms with Crippen LogP contribution in [-0.2, 0) is 17.5 Å². The molecule has 1 aliphatic rings. The van der Waals surface area contributed by atoms with Crippen LogP contribution in [0.3, 0.4) is 0 Å². The second-order valence-electron chi connectivity index (χ2n) is 5.60. The zero-order valence-corrected chi connectivity index (χ0v) is 12.5. The third-order valence-electron chi connectivity index (χ3n) is 3.89. The van der Waals surface area contributed by atoms with E-state index in [1.54, 1.807) is 0 Å². The molecule has 0 aromatic carbocycles. The first-order chi connectivity index (χ1) is 10.7. The van der Waals surface area contributed by atoms with Crippen LogP contribution in [0.2, 0.25) is 0 Å². The molecular formula is C13H17F3N4O3. The van der Waals surface area contributed by atoms with Gasteiger partial charge in [0.1, 0.15) is 12.2 Å². The van der Waals surface area contributed by atoms with Crippen LogP contribution in [0.25, 0.3) is 0 Å². The monoisotopic (exact) mass is 334 g/mol. The fourth-order valence-electron chi connectivity index (χ4n) is 2.76. The number of amides is 1. The maximum Gasteiger partial charge on any atom is 0.442 e. The number of nitro groups is 1. The highest BCUT2D eigenvalue weighted by atomic mass is 19.4. The summed E-state index contributed by atoms with van der Waals surface area (Å²) in [6, 6.07) is 0.00388. The van der Waals surface area contributed by atoms with E-state index in [0.29, 0.717) is 0 Å². The number of hydrogen-bond acceptors (Lipinski definition) is 4. The maximum atomic E-state index is 12.8. The van der Waals surface area contributed by atoms with Gasteiger partial charge in [0.2, 0.25) is 11.6 Å². The molecule has 0 atom stereocenters. The van der Waals surface area contributed by atoms with E-state index in [0.717, 1.165) is 43.7 Å². The third kappa shape index (κ3) is 3.99. The quantitative estimate of drug-likeness (QED) is 0.677. The van der Waals surface area contributed by atoms with Crippen molar-refractivity contribution in [3.05, 3.63) is 21.5 Å². The first kappa shape index (κ1) is 17.2. The second kappa shape index (κ2) is 6.55. The van der Waals surface area contributed by atoms with Crippen LogP contribution in [0.4, 0.5) is 18.9 Å². The molecule has 0 aliphatic heterocycles. The predicted molar refractivity (Wildman–Crippen MR) is 73.6 cm³/mol. The van der Waals surface area contributed by atoms with Crippen molar-refractivity contribution in [2.45, 2.75) is 57.8 Å². The first-order valence-corrected chi connectivity index (χ1v) is 7.28. The Bertz CT molecular complexity index is 606. The van der Waals surface area contributed by atoms with Crippen LogP contribution in [-0.4, -0.2) is 26.7 Å². The molecule has 2 rings (SSSR count). The molecule has 0 radical (unpaired) electrons. The van der Waals surface area contributed by atoms with E-state index in [1.807, 2.05) is 0 Å². The van der Waals surface area contributed by atoms with Crippen LogP contribution in [0, 0.1) is 17.0 Å². The number of aromatic nitrogens is 2. The minimum atomic E-state index is -4.95. The summed E-state index contributed by atoms with van der Waals surface area (Å²) in [6.07, 6.45) is -0.190. The number of nitrogens with zero attached hydrogens (tertiary/aromatic N) is 3. The van der Waals surface area contributed by atoms with Crippen molar-refractivity contribution in [2.75, 3.05) is 0 Å². The number of hydrogen-bond donors (Lipinski definition) is 1. The first-order valence-electron chi connectivity index (χ1n) is 7.28. The van der Waals surface area contributed by atoms with Gasteiger partial charge in [0.25, 0.3) is 0 Å². The van der Waals surface area contributed by atoms with Gasteiger partial charge in [-0.1, -0.05) is 19.3 Å². The van der Waals surface area contributed by atoms with Gasteiger partial charge < -0.3 is 5.32 Å². The number of rotatable bonds is 4. The summed E-state index contributed by atoms with van der Waals surface area (Å²) in [6.45, 7) is 0.674. The molecule has 1 aromatic rings. The van der Waals surface area contributed by atoms with Gasteiger partial charge >= 0.3 is 11.9 Å². The molecule has 0 bridgehead atoms. The molecule has 10 heteroatoms. The van der Waals surface area contributed by atoms with E-state index in [9.17, 15) is 28.1 Å². The Kier molecular flexibility index (Phi) is 4.90. The molecule has 0 saturated heterocycles. The van der Waals surface area contributed by atoms with Gasteiger partial charge in [-0.25, -0.2) is 0 Å². The summed E-state index contributed by atoms with van der Waals surface area (Å²) in [5.41, 5.74) is -2.98. The lowest BCUT2D eigenvalue weighted by Gasteiger charge is -2.22. The van der Waals surface area contributed by atoms with Crippen molar-refractivity contribution < 1.29 is 22.9 Å². The second-order valence-corrected chi connectivity index (χ2v) is 5.60. The SMILES string of the molecule is Cc1c([N+](=O)[O-])c(C(F)(F)F)nn1CC(=O)NC1CCCCC1. The summed E-state index contributed by atoms with van der Waals surface area (Å²) in [5.74, 6) is -0.494. The topological polar surface area (TPSA) is 90.1 Å². The van der Waals surface area contributed by atoms with E-state index in [1.165, 1.54) is 0 Å². The molecule has 0 unspecified atom stereocenters. The van der Waals surface area contributed by atoms with E-state index < -0.39 is 34.9 Å². The molecule has 1 saturated carbocycles. The Morgan fingerprint density at radius 1 is 1.39 bits per heavy atom. The van der Waals surface area contributed by atoms with Crippen molar-refractivity contribution in [2.24, 2.45) is 0 Å². The molecule has 0 spiro atoms. The highest BCUT2D eigenvalue weighted by Gasteiger charge is 2.44. The normalized spacial score (nSPS) is 16.3. The van der Waals surface area contributed by atoms with Crippen molar-refractivity contribution in [1.29, 1.82) is 0 Å². The molecule has 1 heterocycles. The maximum absolute atomic E-state index is 12.8. The number of carbonyl (C=O) groups is 1. The molecule has 128 valence electrons. The van der Waals surface area contributed by atoms with Gasteiger partial charge in [-0.15, -0.1) is 0 Å². The van der Waals surface area contributed by atoms with Crippen LogP contribution in [0.5, 0.6) is 0 Å². The highest BCUT2D eigenvalue weighted by Crippen LogP contribution is 2.36. The van der Waals surface area contributed by atoms with Gasteiger partial charge in [-0.3, -0.25) is 19.6 Å². The third-order valence-corrected chi connectivity index (χ3v) is 3.89. The smallest absolute Gasteiger partial charge is 0.352 e. The molecule has 1 amide bonds. The average molecular weight is 334 g/mol. The van der Waals surface area contributed by atoms with Crippen molar-refractivity contribution in [3.63, 3.8) is 0 Å². The zero-order valence-electron chi connectivity index (χ0n) is 12.5. The summed E-state index contributed by atoms with van der Waals surface area (Å²) in [4.78, 5) is 21.7. The number of halogens is 3. The van der Waals surface area contributed by atoms with E-state index in [4.69, 9.17) is 0 Å². The summed E-state index contributed by atoms with van der Waals surface area (Å²) in [7, 11) is 0. The van der Waals surface area contributed by atoms with Gasteiger partial charge in [-0.2, -0.15) is 18.3 Å². The minimum absolute atomic E-state index is 0.00388. The Labute approximate surface area is 130 Å². The zero-order chi connectivity index (χ0) is 17.2. The standard InChI is InChI=1S/C13H17F3N4O3/c1-8-11(20(22)23)12(13(14,15)16)18-19(8)7-10(21)17-9-5-3-2-4-6-9/h9H,2-7H2,1H3,(H,17,21). The van der Waals surface area contributed by atoms with E-state index in [2.05, 4.69) is 10.4 Å². The predicted octanol–water partition coefficient (Wildman–Crippen LogP) is 2.57. The van der Waals surface area contributed by atoms with Crippen molar-refractivity contribution in [1.82, 2.24) is 15.1 Å². The van der Waals surface area contributed by atoms with Gasteiger partial charge in [-0.05, 0) is 19.8 Å². The Morgan fingerprint density at radius 3 is 2.48 bits per heavy atom. The van der Waals surface area contributed by atoms with Crippen molar-refractivity contribution in [3.8, 4) is 0 Å². The van der Waals surface area contributed by atoms with Crippen LogP contribution in [0.15, 0.2) is 0 Å². The fraction of sp³-hybridized carbons (Fsp3) is 0.692. The minimum Gasteiger partial charge on any atom is -0.352 e. The largest absolute Gasteiger partial charge is 0.442 e. The lowest BCUT2D eigenvalue weighted by molar-refractivity contribution is -0.388. The van der Waals surface area contributed by atoms with Crippen LogP contribution < -0.4 is 5.32 Å². The Hall–Kier alpha value is -2.13. The average Bonchev–Trinajstić information content (AvgIpc) is 2.77. The van der Waals surface area contributed by atoms with E-state index >= 15 is 0 Å². The fourth-order valence-corrected chi connectivity index (χ4v) is 2.76. The summed E-state index contributed by atoms with van der Waals surface area (Å²) >= 11 is 0. The Balaban J connectivity index is 2.16. The number of carbonyl (C=O) groups excluding carboxylic acids is 1. The summed E-state index contributed by atoms with van der Waals surface area (Å²) < 4.78 is 39.2. The summed E-state index contributed by atoms with van der Waals surface area (Å²) in [5, 5.41) is 16.8. The molecule has 1 N–H and O–H groups in total. The van der Waals surface area contributed by atoms with Crippen LogP contribution >= 0.6 is 0 Å². The molecule has 23 heavy (non-hydrogen) atoms. The lowest BCUT2D eigenvalue weighted by Crippen LogP contribution is -2.38. The highest BCUT2D eigenvalue weighted by molar-refractivity contribution is 5.76. The molecule has 1 aliphatic carbocycles. The molecule has 1 aromatic heterocycles. The number of alkyl halides is 3. The number of nitrogens with one attached hydrogen (secondary N) is 1. The van der Waals surface area contributed by atoms with Gasteiger partial charge in [0.15, 0.2) is 0 Å². The molecule has 1 fully saturated rings. The van der Waals surface area contributed by atoms with Gasteiger partial charge in [0.05, 0.1) is 4.92 Å². The van der Waals surface area contributed by atoms with Crippen LogP contribution in [0.1, 0.15) is 43.5 Å². The molecule has 7 nitrogen and oxygen atoms in total. The molecular weight excluding hydrogens is 317 g/mol. The lowest BCUT2D eigenvalue weighted by atomic mass is 9.95. The Morgan fingerprint density at radius 2 is 2.00 bits per heavy atom. The van der Waals surface area contributed by atoms with Gasteiger partial charge in [0, 0.05) is 6.04 Å². The van der Waals surface area contributed by atoms with Crippen molar-refractivity contribution >= 4 is 11.6 Å². The van der Waals surface area contributed by atoms with E-state index in [-0.39, 0.29) is 11.7 Å².